The van der Waals surface area contributed by atoms with Crippen LogP contribution in [0.5, 0.6) is 0 Å². The highest BCUT2D eigenvalue weighted by Gasteiger charge is 2.31. The van der Waals surface area contributed by atoms with Crippen LogP contribution >= 0.6 is 0 Å². The number of nitriles is 3. The Morgan fingerprint density at radius 3 is 1.92 bits per heavy atom. The fourth-order valence-corrected chi connectivity index (χ4v) is 2.56. The summed E-state index contributed by atoms with van der Waals surface area (Å²) >= 11 is 0. The molecule has 25 heavy (non-hydrogen) atoms. The van der Waals surface area contributed by atoms with Crippen LogP contribution in [0, 0.1) is 39.9 Å². The smallest absolute Gasteiger partial charge is 0.313 e. The molecule has 1 rings (SSSR count). The second-order valence-corrected chi connectivity index (χ2v) is 5.26. The van der Waals surface area contributed by atoms with Gasteiger partial charge in [0, 0.05) is 0 Å². The number of hydrogen-bond donors (Lipinski definition) is 0. The SMILES string of the molecule is CCC(CC(C(=O)OC)c1cc(C#N)c(C#N)cc1C#N)C(=O)OC. The number of hydrogen-bond acceptors (Lipinski definition) is 7. The second kappa shape index (κ2) is 9.05. The van der Waals surface area contributed by atoms with Gasteiger partial charge < -0.3 is 9.47 Å². The van der Waals surface area contributed by atoms with Crippen LogP contribution in [0.3, 0.4) is 0 Å². The summed E-state index contributed by atoms with van der Waals surface area (Å²) in [4.78, 5) is 24.1. The first-order valence-electron chi connectivity index (χ1n) is 7.51. The lowest BCUT2D eigenvalue weighted by Crippen LogP contribution is -2.24. The molecule has 0 saturated carbocycles. The van der Waals surface area contributed by atoms with Gasteiger partial charge in [0.05, 0.1) is 48.8 Å². The van der Waals surface area contributed by atoms with Crippen LogP contribution in [-0.4, -0.2) is 26.2 Å². The van der Waals surface area contributed by atoms with E-state index in [0.717, 1.165) is 0 Å². The summed E-state index contributed by atoms with van der Waals surface area (Å²) in [6, 6.07) is 8.26. The quantitative estimate of drug-likeness (QED) is 0.727. The third-order valence-corrected chi connectivity index (χ3v) is 3.96. The lowest BCUT2D eigenvalue weighted by atomic mass is 9.84. The minimum atomic E-state index is -0.927. The van der Waals surface area contributed by atoms with Crippen LogP contribution in [0.15, 0.2) is 12.1 Å². The number of nitrogens with zero attached hydrogens (tertiary/aromatic N) is 3. The van der Waals surface area contributed by atoms with Crippen LogP contribution < -0.4 is 0 Å². The van der Waals surface area contributed by atoms with E-state index in [1.165, 1.54) is 26.4 Å². The van der Waals surface area contributed by atoms with Crippen LogP contribution in [-0.2, 0) is 19.1 Å². The summed E-state index contributed by atoms with van der Waals surface area (Å²) in [5.41, 5.74) is 0.445. The first-order valence-corrected chi connectivity index (χ1v) is 7.51. The Kier molecular flexibility index (Phi) is 7.13. The third-order valence-electron chi connectivity index (χ3n) is 3.96. The molecule has 7 nitrogen and oxygen atoms in total. The van der Waals surface area contributed by atoms with Crippen molar-refractivity contribution in [1.82, 2.24) is 0 Å². The largest absolute Gasteiger partial charge is 0.469 e. The fourth-order valence-electron chi connectivity index (χ4n) is 2.56. The Labute approximate surface area is 146 Å². The van der Waals surface area contributed by atoms with Gasteiger partial charge in [0.25, 0.3) is 0 Å². The third kappa shape index (κ3) is 4.34. The monoisotopic (exact) mass is 339 g/mol. The van der Waals surface area contributed by atoms with Gasteiger partial charge in [-0.2, -0.15) is 15.8 Å². The van der Waals surface area contributed by atoms with E-state index in [0.29, 0.717) is 6.42 Å². The maximum atomic E-state index is 12.3. The van der Waals surface area contributed by atoms with E-state index in [1.807, 2.05) is 18.2 Å². The molecule has 0 aliphatic heterocycles. The van der Waals surface area contributed by atoms with Crippen LogP contribution in [0.2, 0.25) is 0 Å². The predicted molar refractivity (Wildman–Crippen MR) is 85.8 cm³/mol. The Hall–Kier alpha value is -3.37. The number of esters is 2. The maximum Gasteiger partial charge on any atom is 0.313 e. The van der Waals surface area contributed by atoms with Crippen molar-refractivity contribution < 1.29 is 19.1 Å². The molecule has 0 fully saturated rings. The Bertz CT molecular complexity index is 796. The summed E-state index contributed by atoms with van der Waals surface area (Å²) in [6.45, 7) is 1.78. The Balaban J connectivity index is 3.50. The molecule has 0 aliphatic rings. The van der Waals surface area contributed by atoms with Crippen LogP contribution in [0.1, 0.15) is 47.9 Å². The number of carbonyl (C=O) groups excluding carboxylic acids is 2. The number of methoxy groups -OCH3 is 2. The summed E-state index contributed by atoms with van der Waals surface area (Å²) in [5.74, 6) is -2.60. The summed E-state index contributed by atoms with van der Waals surface area (Å²) < 4.78 is 9.55. The van der Waals surface area contributed by atoms with Gasteiger partial charge in [0.1, 0.15) is 12.1 Å². The molecule has 1 aromatic rings. The van der Waals surface area contributed by atoms with Gasteiger partial charge in [-0.1, -0.05) is 6.92 Å². The molecule has 2 atom stereocenters. The molecule has 128 valence electrons. The van der Waals surface area contributed by atoms with E-state index >= 15 is 0 Å². The molecule has 0 amide bonds. The molecule has 0 bridgehead atoms. The first kappa shape index (κ1) is 19.7. The van der Waals surface area contributed by atoms with Crippen LogP contribution in [0.25, 0.3) is 0 Å². The van der Waals surface area contributed by atoms with Crippen LogP contribution in [0.4, 0.5) is 0 Å². The Morgan fingerprint density at radius 1 is 0.960 bits per heavy atom. The van der Waals surface area contributed by atoms with E-state index in [4.69, 9.17) is 14.7 Å². The summed E-state index contributed by atoms with van der Waals surface area (Å²) in [5, 5.41) is 27.6. The zero-order chi connectivity index (χ0) is 19.0. The highest BCUT2D eigenvalue weighted by molar-refractivity contribution is 5.81. The van der Waals surface area contributed by atoms with E-state index in [1.54, 1.807) is 6.92 Å². The number of carbonyl (C=O) groups is 2. The Morgan fingerprint density at radius 2 is 1.48 bits per heavy atom. The highest BCUT2D eigenvalue weighted by Crippen LogP contribution is 2.31. The van der Waals surface area contributed by atoms with Crippen molar-refractivity contribution in [3.8, 4) is 18.2 Å². The van der Waals surface area contributed by atoms with Gasteiger partial charge in [-0.25, -0.2) is 0 Å². The summed E-state index contributed by atoms with van der Waals surface area (Å²) in [7, 11) is 2.46. The lowest BCUT2D eigenvalue weighted by Gasteiger charge is -2.21. The van der Waals surface area contributed by atoms with Gasteiger partial charge in [-0.05, 0) is 30.5 Å². The van der Waals surface area contributed by atoms with E-state index in [2.05, 4.69) is 0 Å². The molecule has 0 saturated heterocycles. The topological polar surface area (TPSA) is 124 Å². The predicted octanol–water partition coefficient (Wildman–Crippen LogP) is 2.15. The van der Waals surface area contributed by atoms with Gasteiger partial charge >= 0.3 is 11.9 Å². The number of rotatable bonds is 6. The standard InChI is InChI=1S/C18H17N3O4/c1-4-11(17(22)24-2)6-16(18(23)25-3)15-7-13(9-20)12(8-19)5-14(15)10-21/h5,7,11,16H,4,6H2,1-3H3. The molecule has 0 aromatic heterocycles. The molecular weight excluding hydrogens is 322 g/mol. The normalized spacial score (nSPS) is 12.0. The first-order chi connectivity index (χ1) is 12.0. The summed E-state index contributed by atoms with van der Waals surface area (Å²) in [6.07, 6.45) is 0.505. The number of ether oxygens (including phenoxy) is 2. The van der Waals surface area contributed by atoms with Crippen molar-refractivity contribution in [2.24, 2.45) is 5.92 Å². The molecule has 0 aliphatic carbocycles. The van der Waals surface area contributed by atoms with E-state index < -0.39 is 23.8 Å². The van der Waals surface area contributed by atoms with Crippen molar-refractivity contribution in [3.63, 3.8) is 0 Å². The molecule has 0 heterocycles. The molecular formula is C18H17N3O4. The van der Waals surface area contributed by atoms with Gasteiger partial charge in [0.2, 0.25) is 0 Å². The van der Waals surface area contributed by atoms with Crippen molar-refractivity contribution >= 4 is 11.9 Å². The second-order valence-electron chi connectivity index (χ2n) is 5.26. The number of benzene rings is 1. The molecule has 0 spiro atoms. The van der Waals surface area contributed by atoms with Crippen molar-refractivity contribution in [3.05, 3.63) is 34.4 Å². The van der Waals surface area contributed by atoms with E-state index in [9.17, 15) is 20.1 Å². The minimum absolute atomic E-state index is 0.0476. The van der Waals surface area contributed by atoms with Gasteiger partial charge in [0.15, 0.2) is 0 Å². The fraction of sp³-hybridized carbons (Fsp3) is 0.389. The van der Waals surface area contributed by atoms with E-state index in [-0.39, 0.29) is 28.7 Å². The molecule has 2 unspecified atom stereocenters. The average Bonchev–Trinajstić information content (AvgIpc) is 2.66. The van der Waals surface area contributed by atoms with Crippen molar-refractivity contribution in [2.75, 3.05) is 14.2 Å². The lowest BCUT2D eigenvalue weighted by molar-refractivity contribution is -0.147. The molecule has 0 radical (unpaired) electrons. The molecule has 0 N–H and O–H groups in total. The van der Waals surface area contributed by atoms with Crippen molar-refractivity contribution in [1.29, 1.82) is 15.8 Å². The van der Waals surface area contributed by atoms with Crippen molar-refractivity contribution in [2.45, 2.75) is 25.7 Å². The zero-order valence-electron chi connectivity index (χ0n) is 14.2. The minimum Gasteiger partial charge on any atom is -0.469 e. The molecule has 7 heteroatoms. The highest BCUT2D eigenvalue weighted by atomic mass is 16.5. The maximum absolute atomic E-state index is 12.3. The average molecular weight is 339 g/mol. The zero-order valence-corrected chi connectivity index (χ0v) is 14.2. The van der Waals surface area contributed by atoms with Gasteiger partial charge in [-0.3, -0.25) is 9.59 Å². The molecule has 1 aromatic carbocycles. The van der Waals surface area contributed by atoms with Gasteiger partial charge in [-0.15, -0.1) is 0 Å².